The summed E-state index contributed by atoms with van der Waals surface area (Å²) in [4.78, 5) is 28.6. The number of imidazole rings is 1. The van der Waals surface area contributed by atoms with Crippen molar-refractivity contribution >= 4 is 29.3 Å². The number of benzene rings is 2. The summed E-state index contributed by atoms with van der Waals surface area (Å²) in [5.74, 6) is 2.17. The Morgan fingerprint density at radius 3 is 2.83 bits per heavy atom. The highest BCUT2D eigenvalue weighted by atomic mass is 32.2. The van der Waals surface area contributed by atoms with Crippen molar-refractivity contribution in [3.8, 4) is 22.7 Å². The minimum Gasteiger partial charge on any atom is -0.489 e. The lowest BCUT2D eigenvalue weighted by molar-refractivity contribution is -0.144. The third-order valence-corrected chi connectivity index (χ3v) is 9.24. The second-order valence-corrected chi connectivity index (χ2v) is 11.9. The number of nitrogens with one attached hydrogen (secondary N) is 2. The van der Waals surface area contributed by atoms with Crippen molar-refractivity contribution in [1.29, 1.82) is 0 Å². The number of esters is 1. The number of aromatic nitrogens is 2. The lowest BCUT2D eigenvalue weighted by Gasteiger charge is -2.15. The Kier molecular flexibility index (Phi) is 8.99. The molecule has 2 saturated heterocycles. The van der Waals surface area contributed by atoms with Crippen LogP contribution in [0.2, 0.25) is 0 Å². The van der Waals surface area contributed by atoms with Crippen LogP contribution in [0, 0.1) is 19.8 Å². The van der Waals surface area contributed by atoms with Gasteiger partial charge in [-0.15, -0.1) is 0 Å². The molecule has 1 amide bonds. The first kappa shape index (κ1) is 28.1. The maximum atomic E-state index is 12.3. The van der Waals surface area contributed by atoms with Crippen molar-refractivity contribution in [3.63, 3.8) is 0 Å². The molecular weight excluding hydrogens is 524 g/mol. The summed E-state index contributed by atoms with van der Waals surface area (Å²) in [5.41, 5.74) is 5.99. The molecule has 2 aliphatic heterocycles. The first-order chi connectivity index (χ1) is 19.4. The van der Waals surface area contributed by atoms with Crippen LogP contribution in [0.5, 0.6) is 5.75 Å². The first-order valence-corrected chi connectivity index (χ1v) is 15.1. The van der Waals surface area contributed by atoms with Gasteiger partial charge in [-0.25, -0.2) is 4.98 Å². The Morgan fingerprint density at radius 2 is 1.98 bits per heavy atom. The van der Waals surface area contributed by atoms with Gasteiger partial charge in [-0.05, 0) is 62.1 Å². The van der Waals surface area contributed by atoms with E-state index in [-0.39, 0.29) is 25.1 Å². The van der Waals surface area contributed by atoms with Crippen LogP contribution in [0.4, 0.5) is 5.69 Å². The van der Waals surface area contributed by atoms with Crippen LogP contribution in [0.1, 0.15) is 43.2 Å². The maximum absolute atomic E-state index is 12.3. The smallest absolute Gasteiger partial charge is 0.305 e. The van der Waals surface area contributed by atoms with Crippen molar-refractivity contribution in [1.82, 2.24) is 14.9 Å². The van der Waals surface area contributed by atoms with Crippen LogP contribution in [-0.2, 0) is 14.3 Å². The Hall–Kier alpha value is -3.46. The SMILES string of the molecule is CNc1ccc(C)cc1-n1cnc(-c2ccc(C)cc2OCCOC(=O)CCCC[C@@H]2SC[C@@H]3NC(=O)C[C@@H]32)c1. The molecule has 212 valence electrons. The molecule has 2 N–H and O–H groups in total. The molecule has 0 radical (unpaired) electrons. The van der Waals surface area contributed by atoms with Crippen LogP contribution in [0.3, 0.4) is 0 Å². The summed E-state index contributed by atoms with van der Waals surface area (Å²) < 4.78 is 13.5. The highest BCUT2D eigenvalue weighted by Gasteiger charge is 2.42. The van der Waals surface area contributed by atoms with Crippen molar-refractivity contribution in [2.45, 2.75) is 57.2 Å². The highest BCUT2D eigenvalue weighted by Crippen LogP contribution is 2.40. The number of nitrogens with zero attached hydrogens (tertiary/aromatic N) is 2. The zero-order chi connectivity index (χ0) is 28.1. The normalized spacial score (nSPS) is 19.8. The largest absolute Gasteiger partial charge is 0.489 e. The van der Waals surface area contributed by atoms with Gasteiger partial charge >= 0.3 is 5.97 Å². The molecule has 5 rings (SSSR count). The molecule has 9 heteroatoms. The average molecular weight is 563 g/mol. The van der Waals surface area contributed by atoms with Gasteiger partial charge in [0.15, 0.2) is 0 Å². The van der Waals surface area contributed by atoms with E-state index < -0.39 is 0 Å². The molecule has 0 unspecified atom stereocenters. The second kappa shape index (κ2) is 12.8. The van der Waals surface area contributed by atoms with Gasteiger partial charge in [0, 0.05) is 54.6 Å². The molecule has 0 saturated carbocycles. The Labute approximate surface area is 240 Å². The van der Waals surface area contributed by atoms with Gasteiger partial charge in [-0.2, -0.15) is 11.8 Å². The van der Waals surface area contributed by atoms with E-state index in [0.717, 1.165) is 53.2 Å². The summed E-state index contributed by atoms with van der Waals surface area (Å²) in [6.07, 6.45) is 7.68. The van der Waals surface area contributed by atoms with Crippen LogP contribution in [-0.4, -0.2) is 58.7 Å². The quantitative estimate of drug-likeness (QED) is 0.229. The van der Waals surface area contributed by atoms with E-state index in [0.29, 0.717) is 35.8 Å². The summed E-state index contributed by atoms with van der Waals surface area (Å²) in [5, 5.41) is 6.83. The molecule has 1 aromatic heterocycles. The molecule has 40 heavy (non-hydrogen) atoms. The number of amides is 1. The molecule has 8 nitrogen and oxygen atoms in total. The van der Waals surface area contributed by atoms with E-state index in [9.17, 15) is 9.59 Å². The van der Waals surface area contributed by atoms with Gasteiger partial charge in [0.2, 0.25) is 5.91 Å². The van der Waals surface area contributed by atoms with E-state index >= 15 is 0 Å². The topological polar surface area (TPSA) is 94.5 Å². The minimum atomic E-state index is -0.194. The van der Waals surface area contributed by atoms with Crippen molar-refractivity contribution < 1.29 is 19.1 Å². The van der Waals surface area contributed by atoms with Crippen molar-refractivity contribution in [3.05, 3.63) is 60.0 Å². The van der Waals surface area contributed by atoms with E-state index in [1.54, 1.807) is 0 Å². The lowest BCUT2D eigenvalue weighted by atomic mass is 9.94. The summed E-state index contributed by atoms with van der Waals surface area (Å²) >= 11 is 1.96. The number of hydrogen-bond acceptors (Lipinski definition) is 7. The van der Waals surface area contributed by atoms with Crippen LogP contribution in [0.25, 0.3) is 16.9 Å². The minimum absolute atomic E-state index is 0.184. The fourth-order valence-electron chi connectivity index (χ4n) is 5.55. The summed E-state index contributed by atoms with van der Waals surface area (Å²) in [6.45, 7) is 4.56. The van der Waals surface area contributed by atoms with Gasteiger partial charge in [0.25, 0.3) is 0 Å². The molecule has 0 spiro atoms. The standard InChI is InChI=1S/C31H38N4O4S/c1-20-9-11-24(32-3)27(14-20)35-17-25(33-19-35)22-10-8-21(2)15-28(22)38-12-13-39-31(37)7-5-4-6-29-23-16-30(36)34-26(23)18-40-29/h8-11,14-15,17,19,23,26,29,32H,4-7,12-13,16,18H2,1-3H3,(H,34,36)/t23-,26-,29-/m0/s1. The van der Waals surface area contributed by atoms with Crippen molar-refractivity contribution in [2.75, 3.05) is 31.3 Å². The van der Waals surface area contributed by atoms with Gasteiger partial charge in [-0.1, -0.05) is 18.6 Å². The van der Waals surface area contributed by atoms with E-state index in [1.165, 1.54) is 5.56 Å². The number of aryl methyl sites for hydroxylation is 2. The number of thioether (sulfide) groups is 1. The Morgan fingerprint density at radius 1 is 1.15 bits per heavy atom. The molecule has 2 aliphatic rings. The van der Waals surface area contributed by atoms with Gasteiger partial charge in [0.1, 0.15) is 19.0 Å². The third-order valence-electron chi connectivity index (χ3n) is 7.67. The van der Waals surface area contributed by atoms with Gasteiger partial charge in [-0.3, -0.25) is 9.59 Å². The second-order valence-electron chi connectivity index (χ2n) is 10.7. The number of carbonyl (C=O) groups is 2. The lowest BCUT2D eigenvalue weighted by Crippen LogP contribution is -2.29. The maximum Gasteiger partial charge on any atom is 0.305 e. The number of unbranched alkanes of at least 4 members (excludes halogenated alkanes) is 1. The van der Waals surface area contributed by atoms with Crippen LogP contribution >= 0.6 is 11.8 Å². The Bertz CT molecular complexity index is 1360. The zero-order valence-electron chi connectivity index (χ0n) is 23.4. The zero-order valence-corrected chi connectivity index (χ0v) is 24.3. The number of hydrogen-bond donors (Lipinski definition) is 2. The third kappa shape index (κ3) is 6.63. The molecular formula is C31H38N4O4S. The number of carbonyl (C=O) groups excluding carboxylic acids is 2. The molecule has 3 atom stereocenters. The molecule has 2 aromatic carbocycles. The monoisotopic (exact) mass is 562 g/mol. The first-order valence-electron chi connectivity index (χ1n) is 14.0. The van der Waals surface area contributed by atoms with E-state index in [2.05, 4.69) is 40.7 Å². The summed E-state index contributed by atoms with van der Waals surface area (Å²) in [7, 11) is 1.91. The molecule has 0 bridgehead atoms. The molecule has 0 aliphatic carbocycles. The van der Waals surface area contributed by atoms with Crippen LogP contribution < -0.4 is 15.4 Å². The summed E-state index contributed by atoms with van der Waals surface area (Å²) in [6, 6.07) is 12.6. The van der Waals surface area contributed by atoms with Crippen LogP contribution in [0.15, 0.2) is 48.9 Å². The highest BCUT2D eigenvalue weighted by molar-refractivity contribution is 8.00. The number of ether oxygens (including phenoxy) is 2. The fourth-order valence-corrected chi connectivity index (χ4v) is 7.20. The molecule has 2 fully saturated rings. The predicted molar refractivity (Wildman–Crippen MR) is 159 cm³/mol. The Balaban J connectivity index is 1.09. The fraction of sp³-hybridized carbons (Fsp3) is 0.452. The number of fused-ring (bicyclic) bond motifs is 1. The van der Waals surface area contributed by atoms with Gasteiger partial charge < -0.3 is 24.7 Å². The van der Waals surface area contributed by atoms with Crippen molar-refractivity contribution in [2.24, 2.45) is 5.92 Å². The van der Waals surface area contributed by atoms with E-state index in [1.807, 2.05) is 61.0 Å². The number of rotatable bonds is 12. The van der Waals surface area contributed by atoms with Gasteiger partial charge in [0.05, 0.1) is 23.4 Å². The predicted octanol–water partition coefficient (Wildman–Crippen LogP) is 5.30. The number of anilines is 1. The molecule has 3 heterocycles. The average Bonchev–Trinajstić information content (AvgIpc) is 3.66. The molecule has 3 aromatic rings. The van der Waals surface area contributed by atoms with E-state index in [4.69, 9.17) is 9.47 Å².